The molecule has 0 saturated carbocycles. The van der Waals surface area contributed by atoms with Crippen LogP contribution in [0.4, 0.5) is 0 Å². The van der Waals surface area contributed by atoms with Crippen LogP contribution in [0.2, 0.25) is 0 Å². The number of H-pyrrole nitrogens is 2. The van der Waals surface area contributed by atoms with Gasteiger partial charge in [0, 0.05) is 69.5 Å². The number of hydrogen-bond acceptors (Lipinski definition) is 4. The summed E-state index contributed by atoms with van der Waals surface area (Å²) in [4.78, 5) is 43.8. The summed E-state index contributed by atoms with van der Waals surface area (Å²) >= 11 is 0. The van der Waals surface area contributed by atoms with Gasteiger partial charge in [0.05, 0.1) is 22.6 Å². The van der Waals surface area contributed by atoms with Gasteiger partial charge in [0.1, 0.15) is 5.78 Å². The second-order valence-electron chi connectivity index (χ2n) is 12.4. The second kappa shape index (κ2) is 10.3. The van der Waals surface area contributed by atoms with Gasteiger partial charge in [0.2, 0.25) is 0 Å². The van der Waals surface area contributed by atoms with Gasteiger partial charge >= 0.3 is 0 Å². The van der Waals surface area contributed by atoms with Crippen LogP contribution in [0.1, 0.15) is 121 Å². The van der Waals surface area contributed by atoms with Gasteiger partial charge in [-0.15, -0.1) is 0 Å². The summed E-state index contributed by atoms with van der Waals surface area (Å²) in [5.41, 5.74) is 14.7. The molecule has 0 spiro atoms. The van der Waals surface area contributed by atoms with Crippen LogP contribution in [-0.4, -0.2) is 31.5 Å². The van der Waals surface area contributed by atoms with E-state index in [2.05, 4.69) is 62.4 Å². The van der Waals surface area contributed by atoms with Crippen molar-refractivity contribution in [3.05, 3.63) is 75.4 Å². The monoisotopic (exact) mass is 560 g/mol. The fourth-order valence-electron chi connectivity index (χ4n) is 7.01. The smallest absolute Gasteiger partial charge is 0.169 e. The van der Waals surface area contributed by atoms with Gasteiger partial charge in [0.15, 0.2) is 5.78 Å². The van der Waals surface area contributed by atoms with Crippen LogP contribution in [0.25, 0.3) is 39.3 Å². The maximum absolute atomic E-state index is 13.5. The predicted octanol–water partition coefficient (Wildman–Crippen LogP) is 8.55. The van der Waals surface area contributed by atoms with Gasteiger partial charge in [-0.25, -0.2) is 4.98 Å². The number of carbonyl (C=O) groups is 2. The van der Waals surface area contributed by atoms with E-state index in [4.69, 9.17) is 9.97 Å². The van der Waals surface area contributed by atoms with Crippen LogP contribution < -0.4 is 0 Å². The number of Topliss-reactive ketones (excluding diaryl/α,β-unsaturated/α-hetero) is 2. The molecule has 2 N–H and O–H groups in total. The quantitative estimate of drug-likeness (QED) is 0.316. The largest absolute Gasteiger partial charge is 0.355 e. The molecule has 6 nitrogen and oxygen atoms in total. The van der Waals surface area contributed by atoms with E-state index in [-0.39, 0.29) is 29.3 Å². The number of aryl methyl sites for hydroxylation is 2. The number of nitrogens with one attached hydrogen (secondary N) is 2. The second-order valence-corrected chi connectivity index (χ2v) is 12.4. The summed E-state index contributed by atoms with van der Waals surface area (Å²) in [5, 5.41) is 0. The minimum absolute atomic E-state index is 0.00145. The van der Waals surface area contributed by atoms with E-state index in [1.807, 2.05) is 26.8 Å². The molecule has 0 amide bonds. The summed E-state index contributed by atoms with van der Waals surface area (Å²) in [6.07, 6.45) is 4.29. The lowest BCUT2D eigenvalue weighted by Gasteiger charge is -2.17. The topological polar surface area (TPSA) is 91.5 Å². The number of fused-ring (bicyclic) bond motifs is 8. The van der Waals surface area contributed by atoms with Gasteiger partial charge in [0.25, 0.3) is 0 Å². The number of hydrogen-bond donors (Lipinski definition) is 2. The van der Waals surface area contributed by atoms with Crippen LogP contribution in [0.15, 0.2) is 24.8 Å². The van der Waals surface area contributed by atoms with Gasteiger partial charge in [-0.3, -0.25) is 14.6 Å². The Morgan fingerprint density at radius 2 is 1.76 bits per heavy atom. The van der Waals surface area contributed by atoms with Crippen molar-refractivity contribution >= 4 is 50.9 Å². The fraction of sp³-hybridized carbons (Fsp3) is 0.389. The van der Waals surface area contributed by atoms with Crippen molar-refractivity contribution in [1.29, 1.82) is 0 Å². The minimum Gasteiger partial charge on any atom is -0.355 e. The van der Waals surface area contributed by atoms with E-state index >= 15 is 0 Å². The SMILES string of the molecule is C=Cc1c(C)c2cc3nc(c4c5[nH]c(cc6nc(cc1[nH]2)C(C)=C6CC)c(C)c5C(=O)C4)C(CCC(=O)C(C)C)C3C. The average molecular weight is 561 g/mol. The Morgan fingerprint density at radius 1 is 1.05 bits per heavy atom. The van der Waals surface area contributed by atoms with E-state index in [1.165, 1.54) is 5.57 Å². The van der Waals surface area contributed by atoms with E-state index in [0.29, 0.717) is 19.3 Å². The lowest BCUT2D eigenvalue weighted by Crippen LogP contribution is -2.11. The van der Waals surface area contributed by atoms with Crippen molar-refractivity contribution in [2.75, 3.05) is 0 Å². The highest BCUT2D eigenvalue weighted by molar-refractivity contribution is 6.13. The molecule has 6 heteroatoms. The summed E-state index contributed by atoms with van der Waals surface area (Å²) in [7, 11) is 0. The van der Waals surface area contributed by atoms with E-state index in [1.54, 1.807) is 0 Å². The molecule has 0 aromatic carbocycles. The summed E-state index contributed by atoms with van der Waals surface area (Å²) < 4.78 is 0. The molecule has 6 rings (SSSR count). The lowest BCUT2D eigenvalue weighted by molar-refractivity contribution is -0.122. The molecule has 2 unspecified atom stereocenters. The predicted molar refractivity (Wildman–Crippen MR) is 172 cm³/mol. The Labute approximate surface area is 247 Å². The molecule has 0 radical (unpaired) electrons. The molecule has 3 aromatic heterocycles. The third-order valence-corrected chi connectivity index (χ3v) is 9.70. The Kier molecular flexibility index (Phi) is 6.91. The normalized spacial score (nSPS) is 18.0. The van der Waals surface area contributed by atoms with E-state index in [0.717, 1.165) is 84.7 Å². The first-order chi connectivity index (χ1) is 20.0. The van der Waals surface area contributed by atoms with Crippen molar-refractivity contribution < 1.29 is 9.59 Å². The number of carbonyl (C=O) groups excluding carboxylic acids is 2. The number of nitrogens with zero attached hydrogens (tertiary/aromatic N) is 2. The third kappa shape index (κ3) is 4.31. The molecule has 1 aliphatic carbocycles. The minimum atomic E-state index is -0.00145. The van der Waals surface area contributed by atoms with Gasteiger partial charge in [-0.05, 0) is 74.1 Å². The highest BCUT2D eigenvalue weighted by atomic mass is 16.1. The zero-order valence-electron chi connectivity index (χ0n) is 25.8. The summed E-state index contributed by atoms with van der Waals surface area (Å²) in [6.45, 7) is 18.6. The van der Waals surface area contributed by atoms with Gasteiger partial charge < -0.3 is 9.97 Å². The maximum atomic E-state index is 13.5. The number of aromatic nitrogens is 4. The van der Waals surface area contributed by atoms with Gasteiger partial charge in [-0.1, -0.05) is 40.3 Å². The number of rotatable bonds is 6. The van der Waals surface area contributed by atoms with E-state index < -0.39 is 0 Å². The third-order valence-electron chi connectivity index (χ3n) is 9.70. The highest BCUT2D eigenvalue weighted by Gasteiger charge is 2.36. The summed E-state index contributed by atoms with van der Waals surface area (Å²) in [6, 6.07) is 6.36. The van der Waals surface area contributed by atoms with Crippen molar-refractivity contribution in [2.24, 2.45) is 5.92 Å². The standard InChI is InChI=1S/C36H40N4O2/c1-9-22-18(5)26-14-28-20(7)24(11-12-32(41)17(3)4)35(39-28)25-13-33(42)34-21(8)29(40-36(25)34)16-31-23(10-2)19(6)27(38-31)15-30(22)37-26/h9,14-17,20,24,37,40H,1,10-13H2,2-8H3. The molecule has 3 aliphatic rings. The lowest BCUT2D eigenvalue weighted by atomic mass is 9.84. The van der Waals surface area contributed by atoms with Crippen LogP contribution in [0.3, 0.4) is 0 Å². The molecule has 8 bridgehead atoms. The molecule has 3 aromatic rings. The molecule has 5 heterocycles. The Hall–Kier alpha value is -4.06. The van der Waals surface area contributed by atoms with Crippen molar-refractivity contribution in [2.45, 2.75) is 86.0 Å². The van der Waals surface area contributed by atoms with Crippen molar-refractivity contribution in [1.82, 2.24) is 19.9 Å². The number of ketones is 2. The van der Waals surface area contributed by atoms with E-state index in [9.17, 15) is 9.59 Å². The summed E-state index contributed by atoms with van der Waals surface area (Å²) in [5.74, 6) is 0.528. The molecular weight excluding hydrogens is 520 g/mol. The van der Waals surface area contributed by atoms with Crippen LogP contribution in [0.5, 0.6) is 0 Å². The number of aromatic amines is 2. The molecule has 216 valence electrons. The van der Waals surface area contributed by atoms with Crippen LogP contribution in [0, 0.1) is 19.8 Å². The Balaban J connectivity index is 1.72. The van der Waals surface area contributed by atoms with Gasteiger partial charge in [-0.2, -0.15) is 0 Å². The molecule has 0 fully saturated rings. The number of allylic oxidation sites excluding steroid dienone is 2. The zero-order chi connectivity index (χ0) is 30.0. The fourth-order valence-corrected chi connectivity index (χ4v) is 7.01. The van der Waals surface area contributed by atoms with Crippen LogP contribution >= 0.6 is 0 Å². The molecule has 2 aliphatic heterocycles. The average Bonchev–Trinajstić information content (AvgIpc) is 3.70. The molecular formula is C36H40N4O2. The molecule has 42 heavy (non-hydrogen) atoms. The molecule has 0 saturated heterocycles. The Bertz CT molecular complexity index is 1880. The Morgan fingerprint density at radius 3 is 2.45 bits per heavy atom. The first-order valence-corrected chi connectivity index (χ1v) is 15.2. The first kappa shape index (κ1) is 28.1. The maximum Gasteiger partial charge on any atom is 0.169 e. The van der Waals surface area contributed by atoms with Crippen molar-refractivity contribution in [3.8, 4) is 0 Å². The zero-order valence-corrected chi connectivity index (χ0v) is 25.8. The molecule has 2 atom stereocenters. The van der Waals surface area contributed by atoms with Crippen LogP contribution in [-0.2, 0) is 11.2 Å². The first-order valence-electron chi connectivity index (χ1n) is 15.2. The van der Waals surface area contributed by atoms with Crippen molar-refractivity contribution in [3.63, 3.8) is 0 Å². The highest BCUT2D eigenvalue weighted by Crippen LogP contribution is 2.44.